The number of hydrogen-bond acceptors (Lipinski definition) is 14. The Morgan fingerprint density at radius 1 is 0.761 bits per heavy atom. The standard InChI is InChI=1S/C65H83N9O12SSi/c1-40(2)33-50(69-62(81)59(41(3)4)73-61(80)51(67-42(5)75)35-44-37-66-48-28-20-19-27-47(44)48)53(76)36-56(78)68-49(60(79)70-52(63(82)84-9)34-43-21-13-10-14-22-43)29-30-55(77)71-54-31-32-74(64(83)72-54)57-39-87-58(86-57)38-85-88(65(6,7)8,45-23-15-11-16-24-45)46-25-17-12-18-26-46/h10-28,31-32,37,40-41,49-53,57-59,66,76H,29-30,33-36,38-39H2,1-9H3,(H,67,75)(H,68,78)(H,69,81)(H,70,79)(H,73,80)(H,71,72,77,83)/t49-,50-,51-,52-,53-,57+,58-,59-/m0/s1. The first kappa shape index (κ1) is 67.5. The fraction of sp³-hybridized carbons (Fsp3) is 0.431. The van der Waals surface area contributed by atoms with Gasteiger partial charge in [-0.1, -0.05) is 158 Å². The van der Waals surface area contributed by atoms with Gasteiger partial charge in [-0.05, 0) is 63.3 Å². The number of thioether (sulfide) groups is 1. The van der Waals surface area contributed by atoms with Gasteiger partial charge in [-0.25, -0.2) is 9.59 Å². The molecule has 3 heterocycles. The highest BCUT2D eigenvalue weighted by atomic mass is 32.2. The zero-order valence-electron chi connectivity index (χ0n) is 51.4. The summed E-state index contributed by atoms with van der Waals surface area (Å²) < 4.78 is 19.9. The highest BCUT2D eigenvalue weighted by Gasteiger charge is 2.51. The van der Waals surface area contributed by atoms with E-state index in [1.165, 1.54) is 42.6 Å². The van der Waals surface area contributed by atoms with Gasteiger partial charge < -0.3 is 55.9 Å². The smallest absolute Gasteiger partial charge is 0.351 e. The second-order valence-corrected chi connectivity index (χ2v) is 29.4. The fourth-order valence-corrected chi connectivity index (χ4v) is 16.6. The Hall–Kier alpha value is -7.96. The number of esters is 1. The normalized spacial score (nSPS) is 16.4. The number of carbonyl (C=O) groups excluding carboxylic acids is 7. The van der Waals surface area contributed by atoms with Crippen molar-refractivity contribution in [1.29, 1.82) is 0 Å². The van der Waals surface area contributed by atoms with Crippen LogP contribution in [0.25, 0.3) is 10.9 Å². The van der Waals surface area contributed by atoms with Crippen molar-refractivity contribution in [2.45, 2.75) is 147 Å². The lowest BCUT2D eigenvalue weighted by atomic mass is 9.95. The molecule has 7 rings (SSSR count). The zero-order valence-corrected chi connectivity index (χ0v) is 53.2. The number of fused-ring (bicyclic) bond motifs is 1. The van der Waals surface area contributed by atoms with Gasteiger partial charge in [-0.3, -0.25) is 33.3 Å². The van der Waals surface area contributed by atoms with Crippen molar-refractivity contribution in [3.8, 4) is 0 Å². The number of aromatic amines is 1. The lowest BCUT2D eigenvalue weighted by molar-refractivity contribution is -0.145. The van der Waals surface area contributed by atoms with Crippen LogP contribution in [0.5, 0.6) is 0 Å². The maximum atomic E-state index is 14.2. The van der Waals surface area contributed by atoms with Crippen molar-refractivity contribution in [3.63, 3.8) is 0 Å². The molecule has 6 aromatic rings. The van der Waals surface area contributed by atoms with Crippen LogP contribution in [0.15, 0.2) is 139 Å². The molecule has 0 spiro atoms. The SMILES string of the molecule is COC(=O)[C@H](Cc1ccccc1)NC(=O)[C@H](CCC(=O)Nc1ccn([C@H]2CS[C@@H](CO[Si](c3ccccc3)(c3ccccc3)C(C)(C)C)O2)c(=O)n1)NC(=O)C[C@H](O)[C@H](CC(C)C)NC(=O)[C@@H](NC(=O)[C@H](Cc1c[nH]c2ccccc12)NC(C)=O)C(C)C. The number of hydrogen-bond donors (Lipinski definition) is 8. The minimum Gasteiger partial charge on any atom is -0.467 e. The number of para-hydroxylation sites is 1. The number of nitrogens with one attached hydrogen (secondary N) is 7. The number of anilines is 1. The summed E-state index contributed by atoms with van der Waals surface area (Å²) in [5.74, 6) is -4.99. The zero-order chi connectivity index (χ0) is 63.7. The summed E-state index contributed by atoms with van der Waals surface area (Å²) in [5, 5.41) is 30.9. The second-order valence-electron chi connectivity index (χ2n) is 23.9. The number of ether oxygens (including phenoxy) is 2. The number of aliphatic hydroxyl groups is 1. The maximum absolute atomic E-state index is 14.2. The Kier molecular flexibility index (Phi) is 24.0. The molecule has 0 unspecified atom stereocenters. The van der Waals surface area contributed by atoms with Crippen LogP contribution in [0.4, 0.5) is 5.82 Å². The van der Waals surface area contributed by atoms with E-state index in [0.29, 0.717) is 11.3 Å². The number of rotatable bonds is 29. The van der Waals surface area contributed by atoms with Gasteiger partial charge in [0, 0.05) is 55.2 Å². The predicted molar refractivity (Wildman–Crippen MR) is 341 cm³/mol. The van der Waals surface area contributed by atoms with E-state index in [-0.39, 0.29) is 55.5 Å². The van der Waals surface area contributed by atoms with Gasteiger partial charge in [-0.15, -0.1) is 11.8 Å². The Balaban J connectivity index is 1.01. The van der Waals surface area contributed by atoms with Crippen LogP contribution in [-0.2, 0) is 60.3 Å². The van der Waals surface area contributed by atoms with Crippen molar-refractivity contribution in [1.82, 2.24) is 41.1 Å². The highest BCUT2D eigenvalue weighted by molar-refractivity contribution is 8.00. The molecule has 6 amide bonds. The topological polar surface area (TPSA) is 290 Å². The van der Waals surface area contributed by atoms with Crippen LogP contribution in [0.2, 0.25) is 5.04 Å². The number of methoxy groups -OCH3 is 1. The minimum absolute atomic E-state index is 0.0315. The van der Waals surface area contributed by atoms with Crippen LogP contribution < -0.4 is 48.0 Å². The molecule has 88 heavy (non-hydrogen) atoms. The van der Waals surface area contributed by atoms with E-state index >= 15 is 0 Å². The molecular formula is C65H83N9O12SSi. The summed E-state index contributed by atoms with van der Waals surface area (Å²) >= 11 is 1.52. The van der Waals surface area contributed by atoms with Gasteiger partial charge in [-0.2, -0.15) is 4.98 Å². The Bertz CT molecular complexity index is 3360. The third kappa shape index (κ3) is 18.1. The summed E-state index contributed by atoms with van der Waals surface area (Å²) in [7, 11) is -1.70. The Morgan fingerprint density at radius 2 is 1.39 bits per heavy atom. The molecule has 21 nitrogen and oxygen atoms in total. The van der Waals surface area contributed by atoms with Gasteiger partial charge >= 0.3 is 11.7 Å². The van der Waals surface area contributed by atoms with E-state index in [9.17, 15) is 43.5 Å². The molecule has 0 radical (unpaired) electrons. The lowest BCUT2D eigenvalue weighted by Gasteiger charge is -2.43. The summed E-state index contributed by atoms with van der Waals surface area (Å²) in [6.45, 7) is 15.3. The predicted octanol–water partition coefficient (Wildman–Crippen LogP) is 5.16. The number of H-pyrrole nitrogens is 1. The van der Waals surface area contributed by atoms with Crippen LogP contribution in [0, 0.1) is 11.8 Å². The van der Waals surface area contributed by atoms with Crippen molar-refractivity contribution in [3.05, 3.63) is 155 Å². The molecule has 0 aliphatic carbocycles. The molecule has 470 valence electrons. The molecular weight excluding hydrogens is 1160 g/mol. The second kappa shape index (κ2) is 31.3. The molecule has 1 saturated heterocycles. The number of aromatic nitrogens is 3. The molecule has 23 heteroatoms. The quantitative estimate of drug-likeness (QED) is 0.0222. The highest BCUT2D eigenvalue weighted by Crippen LogP contribution is 2.39. The van der Waals surface area contributed by atoms with Crippen molar-refractivity contribution < 1.29 is 52.6 Å². The summed E-state index contributed by atoms with van der Waals surface area (Å²) in [4.78, 5) is 116. The Labute approximate surface area is 518 Å². The summed E-state index contributed by atoms with van der Waals surface area (Å²) in [6.07, 6.45) is 0.0693. The summed E-state index contributed by atoms with van der Waals surface area (Å²) in [5.41, 5.74) is 1.24. The number of benzene rings is 4. The van der Waals surface area contributed by atoms with Crippen LogP contribution >= 0.6 is 11.8 Å². The Morgan fingerprint density at radius 3 is 1.99 bits per heavy atom. The first-order chi connectivity index (χ1) is 42.0. The van der Waals surface area contributed by atoms with E-state index in [4.69, 9.17) is 13.9 Å². The van der Waals surface area contributed by atoms with E-state index in [2.05, 4.69) is 86.9 Å². The van der Waals surface area contributed by atoms with E-state index in [1.807, 2.05) is 74.5 Å². The molecule has 2 aromatic heterocycles. The first-order valence-corrected chi connectivity index (χ1v) is 32.6. The lowest BCUT2D eigenvalue weighted by Crippen LogP contribution is -2.67. The van der Waals surface area contributed by atoms with Crippen LogP contribution in [-0.4, -0.2) is 131 Å². The molecule has 0 saturated carbocycles. The number of nitrogens with zero attached hydrogens (tertiary/aromatic N) is 2. The van der Waals surface area contributed by atoms with Gasteiger partial charge in [0.05, 0.1) is 32.3 Å². The largest absolute Gasteiger partial charge is 0.467 e. The average Bonchev–Trinajstić information content (AvgIpc) is 1.36. The van der Waals surface area contributed by atoms with E-state index in [1.54, 1.807) is 50.4 Å². The summed E-state index contributed by atoms with van der Waals surface area (Å²) in [6, 6.07) is 32.5. The first-order valence-electron chi connectivity index (χ1n) is 29.7. The average molecular weight is 1240 g/mol. The van der Waals surface area contributed by atoms with Crippen molar-refractivity contribution in [2.24, 2.45) is 11.8 Å². The van der Waals surface area contributed by atoms with Gasteiger partial charge in [0.2, 0.25) is 35.4 Å². The van der Waals surface area contributed by atoms with Gasteiger partial charge in [0.15, 0.2) is 0 Å². The minimum atomic E-state index is -2.87. The molecule has 1 aliphatic heterocycles. The molecule has 1 fully saturated rings. The van der Waals surface area contributed by atoms with E-state index in [0.717, 1.165) is 26.8 Å². The molecule has 4 aromatic carbocycles. The number of carbonyl (C=O) groups is 7. The monoisotopic (exact) mass is 1240 g/mol. The third-order valence-corrected chi connectivity index (χ3v) is 21.4. The number of aliphatic hydroxyl groups excluding tert-OH is 1. The van der Waals surface area contributed by atoms with E-state index < -0.39 is 116 Å². The van der Waals surface area contributed by atoms with Crippen LogP contribution in [0.3, 0.4) is 0 Å². The third-order valence-electron chi connectivity index (χ3n) is 15.3. The van der Waals surface area contributed by atoms with Gasteiger partial charge in [0.25, 0.3) is 8.32 Å². The fourth-order valence-electron chi connectivity index (χ4n) is 11.0. The van der Waals surface area contributed by atoms with Crippen molar-refractivity contribution >= 4 is 88.6 Å². The molecule has 8 N–H and O–H groups in total. The number of amides is 6. The van der Waals surface area contributed by atoms with Gasteiger partial charge in [0.1, 0.15) is 41.6 Å². The molecule has 0 bridgehead atoms. The molecule has 8 atom stereocenters. The van der Waals surface area contributed by atoms with Crippen LogP contribution in [0.1, 0.15) is 98.4 Å². The molecule has 1 aliphatic rings. The maximum Gasteiger partial charge on any atom is 0.351 e. The van der Waals surface area contributed by atoms with Crippen molar-refractivity contribution in [2.75, 3.05) is 24.8 Å².